The highest BCUT2D eigenvalue weighted by Gasteiger charge is 2.11. The van der Waals surface area contributed by atoms with Crippen LogP contribution in [0, 0.1) is 11.8 Å². The van der Waals surface area contributed by atoms with Crippen LogP contribution in [0.15, 0.2) is 18.5 Å². The first-order chi connectivity index (χ1) is 9.19. The van der Waals surface area contributed by atoms with Crippen LogP contribution in [0.1, 0.15) is 22.8 Å². The van der Waals surface area contributed by atoms with Crippen molar-refractivity contribution in [3.63, 3.8) is 0 Å². The SMILES string of the molecule is CCOCCN(C)C(=O)c1cncc(C#CCO)c1. The van der Waals surface area contributed by atoms with Crippen LogP contribution in [-0.2, 0) is 4.74 Å². The van der Waals surface area contributed by atoms with Gasteiger partial charge in [-0.2, -0.15) is 0 Å². The molecule has 1 amide bonds. The molecule has 0 aliphatic rings. The summed E-state index contributed by atoms with van der Waals surface area (Å²) in [5, 5.41) is 8.63. The summed E-state index contributed by atoms with van der Waals surface area (Å²) >= 11 is 0. The smallest absolute Gasteiger partial charge is 0.255 e. The first-order valence-corrected chi connectivity index (χ1v) is 6.07. The van der Waals surface area contributed by atoms with E-state index in [1.54, 1.807) is 24.2 Å². The molecule has 1 aromatic rings. The van der Waals surface area contributed by atoms with Crippen LogP contribution in [0.3, 0.4) is 0 Å². The van der Waals surface area contributed by atoms with E-state index in [0.29, 0.717) is 30.9 Å². The number of amides is 1. The number of aliphatic hydroxyl groups excluding tert-OH is 1. The van der Waals surface area contributed by atoms with Crippen molar-refractivity contribution in [2.45, 2.75) is 6.92 Å². The number of likely N-dealkylation sites (N-methyl/N-ethyl adjacent to an activating group) is 1. The lowest BCUT2D eigenvalue weighted by Gasteiger charge is -2.16. The van der Waals surface area contributed by atoms with E-state index in [1.165, 1.54) is 6.20 Å². The van der Waals surface area contributed by atoms with Crippen LogP contribution >= 0.6 is 0 Å². The fraction of sp³-hybridized carbons (Fsp3) is 0.429. The van der Waals surface area contributed by atoms with Crippen LogP contribution in [0.2, 0.25) is 0 Å². The first kappa shape index (κ1) is 15.2. The molecular weight excluding hydrogens is 244 g/mol. The normalized spacial score (nSPS) is 9.63. The number of pyridine rings is 1. The Labute approximate surface area is 113 Å². The van der Waals surface area contributed by atoms with Crippen LogP contribution in [0.25, 0.3) is 0 Å². The minimum atomic E-state index is -0.216. The maximum Gasteiger partial charge on any atom is 0.255 e. The molecule has 19 heavy (non-hydrogen) atoms. The number of hydrogen-bond acceptors (Lipinski definition) is 4. The molecule has 1 heterocycles. The maximum atomic E-state index is 12.1. The van der Waals surface area contributed by atoms with E-state index in [9.17, 15) is 4.79 Å². The molecule has 0 spiro atoms. The summed E-state index contributed by atoms with van der Waals surface area (Å²) in [5.41, 5.74) is 1.09. The molecule has 0 saturated carbocycles. The third-order valence-corrected chi connectivity index (χ3v) is 2.42. The van der Waals surface area contributed by atoms with Crippen molar-refractivity contribution in [3.05, 3.63) is 29.6 Å². The molecule has 0 saturated heterocycles. The van der Waals surface area contributed by atoms with Gasteiger partial charge in [0.2, 0.25) is 0 Å². The summed E-state index contributed by atoms with van der Waals surface area (Å²) in [5.74, 6) is 5.12. The lowest BCUT2D eigenvalue weighted by Crippen LogP contribution is -2.30. The quantitative estimate of drug-likeness (QED) is 0.621. The van der Waals surface area contributed by atoms with E-state index >= 15 is 0 Å². The monoisotopic (exact) mass is 262 g/mol. The highest BCUT2D eigenvalue weighted by molar-refractivity contribution is 5.94. The van der Waals surface area contributed by atoms with Gasteiger partial charge in [-0.15, -0.1) is 0 Å². The standard InChI is InChI=1S/C14H18N2O3/c1-3-19-8-6-16(2)14(18)13-9-12(5-4-7-17)10-15-11-13/h9-11,17H,3,6-8H2,1-2H3. The minimum Gasteiger partial charge on any atom is -0.384 e. The number of nitrogens with zero attached hydrogens (tertiary/aromatic N) is 2. The Hall–Kier alpha value is -1.90. The van der Waals surface area contributed by atoms with Crippen molar-refractivity contribution >= 4 is 5.91 Å². The van der Waals surface area contributed by atoms with Gasteiger partial charge in [-0.25, -0.2) is 0 Å². The lowest BCUT2D eigenvalue weighted by molar-refractivity contribution is 0.0709. The Morgan fingerprint density at radius 2 is 2.32 bits per heavy atom. The summed E-state index contributed by atoms with van der Waals surface area (Å²) in [6, 6.07) is 1.66. The van der Waals surface area contributed by atoms with Crippen molar-refractivity contribution in [2.75, 3.05) is 33.4 Å². The van der Waals surface area contributed by atoms with Crippen molar-refractivity contribution in [2.24, 2.45) is 0 Å². The highest BCUT2D eigenvalue weighted by atomic mass is 16.5. The molecule has 0 aliphatic heterocycles. The van der Waals surface area contributed by atoms with Gasteiger partial charge in [-0.3, -0.25) is 9.78 Å². The summed E-state index contributed by atoms with van der Waals surface area (Å²) in [6.45, 7) is 3.37. The number of aromatic nitrogens is 1. The Kier molecular flexibility index (Phi) is 6.58. The fourth-order valence-electron chi connectivity index (χ4n) is 1.43. The molecule has 0 bridgehead atoms. The zero-order chi connectivity index (χ0) is 14.1. The second-order valence-corrected chi connectivity index (χ2v) is 3.85. The van der Waals surface area contributed by atoms with E-state index in [0.717, 1.165) is 0 Å². The van der Waals surface area contributed by atoms with Gasteiger partial charge in [0.1, 0.15) is 6.61 Å². The average Bonchev–Trinajstić information content (AvgIpc) is 2.44. The van der Waals surface area contributed by atoms with Crippen molar-refractivity contribution < 1.29 is 14.6 Å². The van der Waals surface area contributed by atoms with Crippen LogP contribution in [0.4, 0.5) is 0 Å². The Balaban J connectivity index is 2.70. The minimum absolute atomic E-state index is 0.125. The number of aliphatic hydroxyl groups is 1. The predicted molar refractivity (Wildman–Crippen MR) is 71.7 cm³/mol. The van der Waals surface area contributed by atoms with Gasteiger partial charge in [0.05, 0.1) is 12.2 Å². The Morgan fingerprint density at radius 1 is 1.53 bits per heavy atom. The number of rotatable bonds is 5. The fourth-order valence-corrected chi connectivity index (χ4v) is 1.43. The van der Waals surface area contributed by atoms with Gasteiger partial charge in [-0.1, -0.05) is 11.8 Å². The molecule has 102 valence electrons. The molecule has 0 atom stereocenters. The molecule has 1 rings (SSSR count). The molecule has 0 unspecified atom stereocenters. The molecule has 0 aliphatic carbocycles. The highest BCUT2D eigenvalue weighted by Crippen LogP contribution is 2.05. The van der Waals surface area contributed by atoms with E-state index < -0.39 is 0 Å². The van der Waals surface area contributed by atoms with Gasteiger partial charge in [-0.05, 0) is 13.0 Å². The second-order valence-electron chi connectivity index (χ2n) is 3.85. The second kappa shape index (κ2) is 8.25. The van der Waals surface area contributed by atoms with E-state index in [4.69, 9.17) is 9.84 Å². The molecule has 5 heteroatoms. The zero-order valence-electron chi connectivity index (χ0n) is 11.2. The molecular formula is C14H18N2O3. The lowest BCUT2D eigenvalue weighted by atomic mass is 10.2. The summed E-state index contributed by atoms with van der Waals surface area (Å²) < 4.78 is 5.21. The number of carbonyl (C=O) groups is 1. The maximum absolute atomic E-state index is 12.1. The summed E-state index contributed by atoms with van der Waals surface area (Å²) in [7, 11) is 1.72. The van der Waals surface area contributed by atoms with Crippen molar-refractivity contribution in [3.8, 4) is 11.8 Å². The van der Waals surface area contributed by atoms with Crippen molar-refractivity contribution in [1.82, 2.24) is 9.88 Å². The topological polar surface area (TPSA) is 62.7 Å². The van der Waals surface area contributed by atoms with Gasteiger partial charge in [0, 0.05) is 38.2 Å². The summed E-state index contributed by atoms with van der Waals surface area (Å²) in [4.78, 5) is 17.7. The van der Waals surface area contributed by atoms with Gasteiger partial charge in [0.25, 0.3) is 5.91 Å². The molecule has 1 aromatic heterocycles. The van der Waals surface area contributed by atoms with Crippen molar-refractivity contribution in [1.29, 1.82) is 0 Å². The Bertz CT molecular complexity index is 477. The van der Waals surface area contributed by atoms with Crippen LogP contribution in [0.5, 0.6) is 0 Å². The average molecular weight is 262 g/mol. The molecule has 1 N–H and O–H groups in total. The number of ether oxygens (including phenoxy) is 1. The third-order valence-electron chi connectivity index (χ3n) is 2.42. The largest absolute Gasteiger partial charge is 0.384 e. The first-order valence-electron chi connectivity index (χ1n) is 6.07. The predicted octanol–water partition coefficient (Wildman–Crippen LogP) is 0.534. The van der Waals surface area contributed by atoms with Gasteiger partial charge < -0.3 is 14.7 Å². The van der Waals surface area contributed by atoms with E-state index in [-0.39, 0.29) is 12.5 Å². The van der Waals surface area contributed by atoms with Crippen LogP contribution in [-0.4, -0.2) is 54.3 Å². The number of carbonyl (C=O) groups excluding carboxylic acids is 1. The number of hydrogen-bond donors (Lipinski definition) is 1. The zero-order valence-corrected chi connectivity index (χ0v) is 11.2. The molecule has 5 nitrogen and oxygen atoms in total. The van der Waals surface area contributed by atoms with Crippen LogP contribution < -0.4 is 0 Å². The Morgan fingerprint density at radius 3 is 3.00 bits per heavy atom. The van der Waals surface area contributed by atoms with E-state index in [1.807, 2.05) is 6.92 Å². The van der Waals surface area contributed by atoms with Gasteiger partial charge >= 0.3 is 0 Å². The molecule has 0 aromatic carbocycles. The summed E-state index contributed by atoms with van der Waals surface area (Å²) in [6.07, 6.45) is 3.06. The molecule has 0 fully saturated rings. The molecule has 0 radical (unpaired) electrons. The van der Waals surface area contributed by atoms with E-state index in [2.05, 4.69) is 16.8 Å². The third kappa shape index (κ3) is 5.08. The van der Waals surface area contributed by atoms with Gasteiger partial charge in [0.15, 0.2) is 0 Å².